The van der Waals surface area contributed by atoms with E-state index in [1.807, 2.05) is 6.07 Å². The van der Waals surface area contributed by atoms with Crippen LogP contribution in [0.2, 0.25) is 0 Å². The fourth-order valence-electron chi connectivity index (χ4n) is 13.9. The van der Waals surface area contributed by atoms with Gasteiger partial charge in [0.2, 0.25) is 0 Å². The normalized spacial score (nSPS) is 11.9. The van der Waals surface area contributed by atoms with E-state index in [1.54, 1.807) is 0 Å². The standard InChI is InChI=1S/C82H52N6/c1-4-19-54(20-5-1)82-83-72(53-35-41-62(42-36-53)87-74-31-14-10-27-64(74)68-43-37-57(50-80(68)87)55-39-45-78-70(48-55)66-29-12-16-33-76(66)85(78)60-22-6-2-7-23-60)52-73(84-82)59-21-18-26-63(47-59)88-75-32-15-11-28-65(75)69-44-38-58(51-81(69)88)56-40-46-79-71(49-56)67-30-13-17-34-77(67)86(79)61-24-8-3-9-25-61/h1-52H. The Morgan fingerprint density at radius 2 is 0.500 bits per heavy atom. The van der Waals surface area contributed by atoms with E-state index in [2.05, 4.69) is 328 Å². The summed E-state index contributed by atoms with van der Waals surface area (Å²) in [5.74, 6) is 0.672. The molecule has 0 amide bonds. The summed E-state index contributed by atoms with van der Waals surface area (Å²) in [7, 11) is 0. The molecule has 88 heavy (non-hydrogen) atoms. The van der Waals surface area contributed by atoms with Crippen LogP contribution in [0.1, 0.15) is 0 Å². The van der Waals surface area contributed by atoms with Crippen LogP contribution in [-0.4, -0.2) is 28.2 Å². The van der Waals surface area contributed by atoms with Gasteiger partial charge in [-0.05, 0) is 138 Å². The second-order valence-corrected chi connectivity index (χ2v) is 22.9. The molecule has 0 unspecified atom stereocenters. The van der Waals surface area contributed by atoms with E-state index in [4.69, 9.17) is 9.97 Å². The molecule has 18 aromatic rings. The molecule has 6 heteroatoms. The predicted octanol–water partition coefficient (Wildman–Crippen LogP) is 21.2. The maximum Gasteiger partial charge on any atom is 0.160 e. The van der Waals surface area contributed by atoms with Crippen molar-refractivity contribution in [2.24, 2.45) is 0 Å². The van der Waals surface area contributed by atoms with Crippen LogP contribution in [-0.2, 0) is 0 Å². The lowest BCUT2D eigenvalue weighted by Crippen LogP contribution is -1.98. The fraction of sp³-hybridized carbons (Fsp3) is 0. The number of hydrogen-bond donors (Lipinski definition) is 0. The van der Waals surface area contributed by atoms with Crippen molar-refractivity contribution in [3.8, 4) is 78.9 Å². The van der Waals surface area contributed by atoms with Gasteiger partial charge in [0.25, 0.3) is 0 Å². The third-order valence-corrected chi connectivity index (χ3v) is 18.0. The van der Waals surface area contributed by atoms with Gasteiger partial charge in [0.15, 0.2) is 5.82 Å². The molecule has 13 aromatic carbocycles. The van der Waals surface area contributed by atoms with Crippen LogP contribution in [0.5, 0.6) is 0 Å². The number of rotatable bonds is 9. The van der Waals surface area contributed by atoms with E-state index in [0.29, 0.717) is 5.82 Å². The number of hydrogen-bond acceptors (Lipinski definition) is 2. The van der Waals surface area contributed by atoms with Crippen LogP contribution >= 0.6 is 0 Å². The molecule has 0 aliphatic carbocycles. The van der Waals surface area contributed by atoms with E-state index in [9.17, 15) is 0 Å². The molecule has 5 aromatic heterocycles. The number of fused-ring (bicyclic) bond motifs is 12. The molecule has 0 aliphatic heterocycles. The van der Waals surface area contributed by atoms with Gasteiger partial charge in [-0.15, -0.1) is 0 Å². The Balaban J connectivity index is 0.729. The molecular weight excluding hydrogens is 1070 g/mol. The highest BCUT2D eigenvalue weighted by Gasteiger charge is 2.20. The summed E-state index contributed by atoms with van der Waals surface area (Å²) in [6.07, 6.45) is 0. The van der Waals surface area contributed by atoms with Gasteiger partial charge in [-0.25, -0.2) is 9.97 Å². The minimum absolute atomic E-state index is 0.672. The highest BCUT2D eigenvalue weighted by molar-refractivity contribution is 6.14. The van der Waals surface area contributed by atoms with Crippen LogP contribution in [0.25, 0.3) is 166 Å². The number of para-hydroxylation sites is 6. The molecule has 18 rings (SSSR count). The average molecular weight is 1120 g/mol. The molecule has 0 aliphatic rings. The molecule has 0 radical (unpaired) electrons. The zero-order valence-electron chi connectivity index (χ0n) is 47.7. The highest BCUT2D eigenvalue weighted by Crippen LogP contribution is 2.42. The Morgan fingerprint density at radius 1 is 0.170 bits per heavy atom. The third-order valence-electron chi connectivity index (χ3n) is 18.0. The molecular formula is C82H52N6. The minimum Gasteiger partial charge on any atom is -0.309 e. The van der Waals surface area contributed by atoms with Crippen molar-refractivity contribution in [2.45, 2.75) is 0 Å². The zero-order valence-corrected chi connectivity index (χ0v) is 47.7. The van der Waals surface area contributed by atoms with Gasteiger partial charge >= 0.3 is 0 Å². The first kappa shape index (κ1) is 49.6. The monoisotopic (exact) mass is 1120 g/mol. The molecule has 0 atom stereocenters. The second-order valence-electron chi connectivity index (χ2n) is 22.9. The van der Waals surface area contributed by atoms with Crippen LogP contribution in [0.3, 0.4) is 0 Å². The Morgan fingerprint density at radius 3 is 1.00 bits per heavy atom. The summed E-state index contributed by atoms with van der Waals surface area (Å²) >= 11 is 0. The molecule has 6 nitrogen and oxygen atoms in total. The molecule has 0 bridgehead atoms. The number of aromatic nitrogens is 6. The summed E-state index contributed by atoms with van der Waals surface area (Å²) in [4.78, 5) is 10.7. The van der Waals surface area contributed by atoms with Crippen molar-refractivity contribution in [1.29, 1.82) is 0 Å². The highest BCUT2D eigenvalue weighted by atomic mass is 15.0. The summed E-state index contributed by atoms with van der Waals surface area (Å²) < 4.78 is 9.57. The van der Waals surface area contributed by atoms with Gasteiger partial charge < -0.3 is 18.3 Å². The minimum atomic E-state index is 0.672. The first-order valence-electron chi connectivity index (χ1n) is 30.0. The maximum atomic E-state index is 5.35. The van der Waals surface area contributed by atoms with E-state index in [1.165, 1.54) is 81.8 Å². The van der Waals surface area contributed by atoms with Crippen molar-refractivity contribution in [3.63, 3.8) is 0 Å². The van der Waals surface area contributed by atoms with Crippen LogP contribution < -0.4 is 0 Å². The molecule has 5 heterocycles. The molecule has 0 N–H and O–H groups in total. The van der Waals surface area contributed by atoms with Crippen LogP contribution in [0.15, 0.2) is 315 Å². The van der Waals surface area contributed by atoms with Crippen LogP contribution in [0.4, 0.5) is 0 Å². The Labute approximate surface area is 507 Å². The lowest BCUT2D eigenvalue weighted by atomic mass is 10.0. The van der Waals surface area contributed by atoms with Crippen molar-refractivity contribution in [2.75, 3.05) is 0 Å². The summed E-state index contributed by atoms with van der Waals surface area (Å²) in [5, 5.41) is 9.77. The summed E-state index contributed by atoms with van der Waals surface area (Å²) in [5.41, 5.74) is 23.1. The van der Waals surface area contributed by atoms with E-state index in [0.717, 1.165) is 78.5 Å². The van der Waals surface area contributed by atoms with Gasteiger partial charge in [0, 0.05) is 82.5 Å². The summed E-state index contributed by atoms with van der Waals surface area (Å²) in [6, 6.07) is 114. The zero-order chi connectivity index (χ0) is 57.8. The van der Waals surface area contributed by atoms with Crippen molar-refractivity contribution in [1.82, 2.24) is 28.2 Å². The number of nitrogens with zero attached hydrogens (tertiary/aromatic N) is 6. The van der Waals surface area contributed by atoms with Gasteiger partial charge in [-0.2, -0.15) is 0 Å². The van der Waals surface area contributed by atoms with E-state index in [-0.39, 0.29) is 0 Å². The number of benzene rings is 13. The SMILES string of the molecule is c1ccc(-c2nc(-c3ccc(-n4c5ccccc5c5ccc(-c6ccc7c(c6)c6ccccc6n7-c6ccccc6)cc54)cc3)cc(-c3cccc(-n4c5ccccc5c5ccc(-c6ccc7c(c6)c6ccccc6n7-c6ccccc6)cc54)c3)n2)cc1. The molecule has 410 valence electrons. The second kappa shape index (κ2) is 19.9. The quantitative estimate of drug-likeness (QED) is 0.145. The van der Waals surface area contributed by atoms with Crippen molar-refractivity contribution < 1.29 is 0 Å². The Kier molecular flexibility index (Phi) is 11.2. The van der Waals surface area contributed by atoms with Crippen molar-refractivity contribution in [3.05, 3.63) is 315 Å². The first-order chi connectivity index (χ1) is 43.6. The largest absolute Gasteiger partial charge is 0.309 e. The van der Waals surface area contributed by atoms with Gasteiger partial charge in [-0.3, -0.25) is 0 Å². The van der Waals surface area contributed by atoms with E-state index < -0.39 is 0 Å². The van der Waals surface area contributed by atoms with Gasteiger partial charge in [0.1, 0.15) is 0 Å². The Hall–Kier alpha value is -11.9. The van der Waals surface area contributed by atoms with Gasteiger partial charge in [0.05, 0.1) is 55.5 Å². The topological polar surface area (TPSA) is 45.5 Å². The molecule has 0 saturated carbocycles. The molecule has 0 spiro atoms. The summed E-state index contributed by atoms with van der Waals surface area (Å²) in [6.45, 7) is 0. The average Bonchev–Trinajstić information content (AvgIpc) is 2.58. The smallest absolute Gasteiger partial charge is 0.160 e. The van der Waals surface area contributed by atoms with Crippen molar-refractivity contribution >= 4 is 87.2 Å². The third kappa shape index (κ3) is 7.89. The lowest BCUT2D eigenvalue weighted by Gasteiger charge is -2.13. The molecule has 0 fully saturated rings. The lowest BCUT2D eigenvalue weighted by molar-refractivity contribution is 1.16. The molecule has 0 saturated heterocycles. The van der Waals surface area contributed by atoms with Crippen LogP contribution in [0, 0.1) is 0 Å². The Bertz CT molecular complexity index is 5790. The maximum absolute atomic E-state index is 5.35. The predicted molar refractivity (Wildman–Crippen MR) is 367 cm³/mol. The van der Waals surface area contributed by atoms with Gasteiger partial charge in [-0.1, -0.05) is 200 Å². The fourth-order valence-corrected chi connectivity index (χ4v) is 13.9. The van der Waals surface area contributed by atoms with E-state index >= 15 is 0 Å². The first-order valence-corrected chi connectivity index (χ1v) is 30.0.